The highest BCUT2D eigenvalue weighted by molar-refractivity contribution is 7.09. The van der Waals surface area contributed by atoms with Crippen LogP contribution in [0.5, 0.6) is 0 Å². The van der Waals surface area contributed by atoms with Gasteiger partial charge in [0.1, 0.15) is 0 Å². The van der Waals surface area contributed by atoms with E-state index in [2.05, 4.69) is 16.0 Å². The topological polar surface area (TPSA) is 70.2 Å². The Hall–Kier alpha value is -1.11. The predicted octanol–water partition coefficient (Wildman–Crippen LogP) is 0.264. The molecule has 0 radical (unpaired) electrons. The summed E-state index contributed by atoms with van der Waals surface area (Å²) in [5.41, 5.74) is 0. The van der Waals surface area contributed by atoms with Gasteiger partial charge in [0.15, 0.2) is 0 Å². The number of carbonyl (C=O) groups is 2. The Balaban J connectivity index is 0.00000162. The van der Waals surface area contributed by atoms with Crippen LogP contribution in [0.2, 0.25) is 0 Å². The molecule has 3 N–H and O–H groups in total. The van der Waals surface area contributed by atoms with Crippen molar-refractivity contribution in [2.45, 2.75) is 19.0 Å². The standard InChI is InChI=1S/C11H15N3O2S.ClH/c15-10(14-7-8-2-1-5-17-8)6-9-11(16)13-4-3-12-9;/h1-2,5,9,12H,3-4,6-7H2,(H,13,16)(H,14,15);1H. The number of rotatable bonds is 4. The van der Waals surface area contributed by atoms with Crippen molar-refractivity contribution < 1.29 is 9.59 Å². The van der Waals surface area contributed by atoms with Crippen molar-refractivity contribution >= 4 is 35.6 Å². The summed E-state index contributed by atoms with van der Waals surface area (Å²) in [4.78, 5) is 24.1. The molecule has 1 aromatic rings. The monoisotopic (exact) mass is 289 g/mol. The first-order valence-electron chi connectivity index (χ1n) is 5.56. The quantitative estimate of drug-likeness (QED) is 0.745. The van der Waals surface area contributed by atoms with E-state index < -0.39 is 6.04 Å². The molecular weight excluding hydrogens is 274 g/mol. The second-order valence-corrected chi connectivity index (χ2v) is 4.89. The van der Waals surface area contributed by atoms with Gasteiger partial charge in [0, 0.05) is 18.0 Å². The van der Waals surface area contributed by atoms with Gasteiger partial charge in [-0.25, -0.2) is 0 Å². The second-order valence-electron chi connectivity index (χ2n) is 3.86. The van der Waals surface area contributed by atoms with Crippen molar-refractivity contribution in [2.75, 3.05) is 13.1 Å². The summed E-state index contributed by atoms with van der Waals surface area (Å²) in [6, 6.07) is 3.52. The molecule has 0 spiro atoms. The minimum atomic E-state index is -0.396. The number of hydrogen-bond acceptors (Lipinski definition) is 4. The SMILES string of the molecule is Cl.O=C(CC1NCCNC1=O)NCc1cccs1. The number of hydrogen-bond donors (Lipinski definition) is 3. The van der Waals surface area contributed by atoms with Crippen molar-refractivity contribution in [1.29, 1.82) is 0 Å². The van der Waals surface area contributed by atoms with Crippen LogP contribution in [-0.2, 0) is 16.1 Å². The number of amides is 2. The third-order valence-electron chi connectivity index (χ3n) is 2.56. The number of nitrogens with one attached hydrogen (secondary N) is 3. The molecule has 0 saturated carbocycles. The molecule has 0 aromatic carbocycles. The summed E-state index contributed by atoms with van der Waals surface area (Å²) in [5.74, 6) is -0.199. The predicted molar refractivity (Wildman–Crippen MR) is 72.8 cm³/mol. The first-order chi connectivity index (χ1) is 8.25. The maximum absolute atomic E-state index is 11.6. The van der Waals surface area contributed by atoms with E-state index in [1.807, 2.05) is 17.5 Å². The van der Waals surface area contributed by atoms with Crippen LogP contribution < -0.4 is 16.0 Å². The maximum atomic E-state index is 11.6. The van der Waals surface area contributed by atoms with Gasteiger partial charge in [-0.2, -0.15) is 0 Å². The molecule has 0 bridgehead atoms. The van der Waals surface area contributed by atoms with Crippen molar-refractivity contribution in [1.82, 2.24) is 16.0 Å². The molecule has 1 atom stereocenters. The van der Waals surface area contributed by atoms with Crippen LogP contribution in [0.3, 0.4) is 0 Å². The van der Waals surface area contributed by atoms with Crippen LogP contribution in [0.4, 0.5) is 0 Å². The molecule has 2 heterocycles. The van der Waals surface area contributed by atoms with E-state index in [1.54, 1.807) is 11.3 Å². The number of halogens is 1. The van der Waals surface area contributed by atoms with E-state index >= 15 is 0 Å². The lowest BCUT2D eigenvalue weighted by Gasteiger charge is -2.22. The third kappa shape index (κ3) is 4.29. The average molecular weight is 290 g/mol. The lowest BCUT2D eigenvalue weighted by atomic mass is 10.1. The van der Waals surface area contributed by atoms with Gasteiger partial charge in [-0.1, -0.05) is 6.07 Å². The molecule has 2 rings (SSSR count). The van der Waals surface area contributed by atoms with Gasteiger partial charge in [-0.15, -0.1) is 23.7 Å². The highest BCUT2D eigenvalue weighted by atomic mass is 35.5. The first-order valence-corrected chi connectivity index (χ1v) is 6.44. The van der Waals surface area contributed by atoms with Crippen molar-refractivity contribution in [3.63, 3.8) is 0 Å². The minimum absolute atomic E-state index is 0. The first kappa shape index (κ1) is 14.9. The molecule has 2 amide bonds. The Morgan fingerprint density at radius 2 is 2.33 bits per heavy atom. The third-order valence-corrected chi connectivity index (χ3v) is 3.44. The molecule has 7 heteroatoms. The Kier molecular flexibility index (Phi) is 6.11. The van der Waals surface area contributed by atoms with Gasteiger partial charge in [0.2, 0.25) is 11.8 Å². The molecule has 0 aliphatic carbocycles. The lowest BCUT2D eigenvalue weighted by Crippen LogP contribution is -2.54. The molecule has 1 aliphatic rings. The van der Waals surface area contributed by atoms with Crippen molar-refractivity contribution in [3.8, 4) is 0 Å². The molecule has 100 valence electrons. The molecule has 1 aliphatic heterocycles. The summed E-state index contributed by atoms with van der Waals surface area (Å²) in [6.07, 6.45) is 0.192. The Morgan fingerprint density at radius 3 is 3.00 bits per heavy atom. The number of thiophene rings is 1. The van der Waals surface area contributed by atoms with Gasteiger partial charge in [-0.05, 0) is 11.4 Å². The Bertz CT molecular complexity index is 397. The van der Waals surface area contributed by atoms with Gasteiger partial charge < -0.3 is 16.0 Å². The van der Waals surface area contributed by atoms with Gasteiger partial charge in [-0.3, -0.25) is 9.59 Å². The summed E-state index contributed by atoms with van der Waals surface area (Å²) in [7, 11) is 0. The molecule has 18 heavy (non-hydrogen) atoms. The second kappa shape index (κ2) is 7.35. The van der Waals surface area contributed by atoms with Gasteiger partial charge >= 0.3 is 0 Å². The largest absolute Gasteiger partial charge is 0.353 e. The van der Waals surface area contributed by atoms with E-state index in [0.717, 1.165) is 4.88 Å². The van der Waals surface area contributed by atoms with Crippen molar-refractivity contribution in [2.24, 2.45) is 0 Å². The highest BCUT2D eigenvalue weighted by Gasteiger charge is 2.23. The fourth-order valence-corrected chi connectivity index (χ4v) is 2.31. The molecule has 1 saturated heterocycles. The van der Waals surface area contributed by atoms with E-state index in [-0.39, 0.29) is 30.6 Å². The van der Waals surface area contributed by atoms with Crippen LogP contribution in [0.25, 0.3) is 0 Å². The zero-order chi connectivity index (χ0) is 12.1. The van der Waals surface area contributed by atoms with E-state index in [0.29, 0.717) is 19.6 Å². The highest BCUT2D eigenvalue weighted by Crippen LogP contribution is 2.07. The summed E-state index contributed by atoms with van der Waals surface area (Å²) in [5, 5.41) is 10.5. The molecule has 1 fully saturated rings. The van der Waals surface area contributed by atoms with Crippen LogP contribution >= 0.6 is 23.7 Å². The zero-order valence-electron chi connectivity index (χ0n) is 9.77. The van der Waals surface area contributed by atoms with Crippen LogP contribution in [0.1, 0.15) is 11.3 Å². The Morgan fingerprint density at radius 1 is 1.50 bits per heavy atom. The fraction of sp³-hybridized carbons (Fsp3) is 0.455. The Labute approximate surface area is 116 Å². The average Bonchev–Trinajstić information content (AvgIpc) is 2.82. The van der Waals surface area contributed by atoms with Crippen LogP contribution in [0.15, 0.2) is 17.5 Å². The van der Waals surface area contributed by atoms with E-state index in [4.69, 9.17) is 0 Å². The zero-order valence-corrected chi connectivity index (χ0v) is 11.4. The summed E-state index contributed by atoms with van der Waals surface area (Å²) >= 11 is 1.60. The molecular formula is C11H16ClN3O2S. The molecule has 1 unspecified atom stereocenters. The number of carbonyl (C=O) groups excluding carboxylic acids is 2. The van der Waals surface area contributed by atoms with Gasteiger partial charge in [0.05, 0.1) is 19.0 Å². The van der Waals surface area contributed by atoms with E-state index in [9.17, 15) is 9.59 Å². The van der Waals surface area contributed by atoms with Crippen LogP contribution in [-0.4, -0.2) is 30.9 Å². The van der Waals surface area contributed by atoms with Gasteiger partial charge in [0.25, 0.3) is 0 Å². The minimum Gasteiger partial charge on any atom is -0.353 e. The smallest absolute Gasteiger partial charge is 0.237 e. The van der Waals surface area contributed by atoms with Crippen molar-refractivity contribution in [3.05, 3.63) is 22.4 Å². The normalized spacial score (nSPS) is 18.7. The van der Waals surface area contributed by atoms with Crippen LogP contribution in [0, 0.1) is 0 Å². The molecule has 5 nitrogen and oxygen atoms in total. The summed E-state index contributed by atoms with van der Waals surface area (Å²) in [6.45, 7) is 1.88. The lowest BCUT2D eigenvalue weighted by molar-refractivity contribution is -0.129. The number of piperazine rings is 1. The maximum Gasteiger partial charge on any atom is 0.237 e. The fourth-order valence-electron chi connectivity index (χ4n) is 1.67. The summed E-state index contributed by atoms with van der Waals surface area (Å²) < 4.78 is 0. The molecule has 1 aromatic heterocycles. The van der Waals surface area contributed by atoms with E-state index in [1.165, 1.54) is 0 Å².